The van der Waals surface area contributed by atoms with Crippen LogP contribution in [0.4, 0.5) is 6.63 Å². The molecule has 9 aliphatic rings. The molecule has 8 unspecified atom stereocenters. The topological polar surface area (TPSA) is 96.2 Å². The number of nitrogens with one attached hydrogen (secondary N) is 8. The number of hydrogen-bond acceptors (Lipinski definition) is 8. The van der Waals surface area contributed by atoms with Gasteiger partial charge in [0.1, 0.15) is 0 Å². The van der Waals surface area contributed by atoms with E-state index in [4.69, 9.17) is 0 Å². The summed E-state index contributed by atoms with van der Waals surface area (Å²) in [7, 11) is 0. The summed E-state index contributed by atoms with van der Waals surface area (Å²) < 4.78 is 19.6. The predicted molar refractivity (Wildman–Crippen MR) is 159 cm³/mol. The Morgan fingerprint density at radius 1 is 0.279 bits per heavy atom. The van der Waals surface area contributed by atoms with Crippen molar-refractivity contribution in [2.75, 3.05) is 0 Å². The molecule has 0 aromatic heterocycles. The summed E-state index contributed by atoms with van der Waals surface area (Å²) in [5.41, 5.74) is 0. The van der Waals surface area contributed by atoms with Crippen molar-refractivity contribution in [1.29, 1.82) is 0 Å². The molecule has 240 valence electrons. The normalized spacial score (nSPS) is 53.8. The monoisotopic (exact) mass is 654 g/mol. The molecule has 0 spiro atoms. The number of halogens is 2. The molecule has 5 aliphatic heterocycles. The van der Waals surface area contributed by atoms with E-state index in [1.807, 2.05) is 0 Å². The molecule has 8 bridgehead atoms. The number of rotatable bonds is 0. The van der Waals surface area contributed by atoms with Crippen LogP contribution in [-0.2, 0) is 18.1 Å². The van der Waals surface area contributed by atoms with E-state index in [1.165, 1.54) is 103 Å². The summed E-state index contributed by atoms with van der Waals surface area (Å²) >= 11 is -2.88. The van der Waals surface area contributed by atoms with E-state index < -0.39 is 18.1 Å². The fraction of sp³-hybridized carbons (Fsp3) is 1.00. The summed E-state index contributed by atoms with van der Waals surface area (Å²) in [5.74, 6) is 5.97. The molecule has 43 heavy (non-hydrogen) atoms. The predicted octanol–water partition coefficient (Wildman–Crippen LogP) is 3.44. The van der Waals surface area contributed by atoms with Crippen LogP contribution in [-0.4, -0.2) is 49.3 Å². The van der Waals surface area contributed by atoms with Crippen molar-refractivity contribution in [3.05, 3.63) is 0 Å². The number of fused-ring (bicyclic) bond motifs is 20. The number of hydrogen-bond donors (Lipinski definition) is 8. The van der Waals surface area contributed by atoms with Gasteiger partial charge in [-0.05, 0) is 98.7 Å². The Labute approximate surface area is 266 Å². The zero-order chi connectivity index (χ0) is 28.9. The van der Waals surface area contributed by atoms with E-state index in [0.29, 0.717) is 49.3 Å². The van der Waals surface area contributed by atoms with Crippen LogP contribution < -0.4 is 42.5 Å². The molecular formula is C32H56F2N8Zn. The summed E-state index contributed by atoms with van der Waals surface area (Å²) in [4.78, 5) is 0. The Morgan fingerprint density at radius 3 is 0.512 bits per heavy atom. The van der Waals surface area contributed by atoms with Crippen molar-refractivity contribution in [3.8, 4) is 0 Å². The second-order valence-electron chi connectivity index (χ2n) is 15.7. The van der Waals surface area contributed by atoms with Gasteiger partial charge < -0.3 is 0 Å². The minimum absolute atomic E-state index is 0.420. The molecule has 8 N–H and O–H groups in total. The maximum absolute atomic E-state index is 9.81. The maximum atomic E-state index is 9.81. The SMILES string of the molecule is C1CCC2C3NC(NC4NC(NC5NC(NC6NC(N3)C3CCCCC63)C3CCCCC53)C3CCCCC43)C2C1.[F][Zn][F]. The van der Waals surface area contributed by atoms with Gasteiger partial charge in [-0.25, -0.2) is 0 Å². The van der Waals surface area contributed by atoms with Gasteiger partial charge in [0.05, 0.1) is 49.3 Å². The zero-order valence-electron chi connectivity index (χ0n) is 26.0. The first-order valence-electron chi connectivity index (χ1n) is 18.4. The third-order valence-electron chi connectivity index (χ3n) is 13.8. The fourth-order valence-electron chi connectivity index (χ4n) is 12.0. The molecule has 4 aliphatic carbocycles. The first-order chi connectivity index (χ1) is 21.2. The molecular weight excluding hydrogens is 600 g/mol. The Bertz CT molecular complexity index is 743. The molecule has 8 atom stereocenters. The Kier molecular flexibility index (Phi) is 9.46. The average Bonchev–Trinajstić information content (AvgIpc) is 3.77. The van der Waals surface area contributed by atoms with E-state index in [2.05, 4.69) is 42.5 Å². The molecule has 5 heterocycles. The Balaban J connectivity index is 0.000000892. The molecule has 11 heteroatoms. The van der Waals surface area contributed by atoms with Gasteiger partial charge in [0.2, 0.25) is 0 Å². The molecule has 5 saturated heterocycles. The van der Waals surface area contributed by atoms with Crippen molar-refractivity contribution in [2.45, 2.75) is 152 Å². The van der Waals surface area contributed by atoms with Gasteiger partial charge in [-0.2, -0.15) is 0 Å². The van der Waals surface area contributed by atoms with Crippen molar-refractivity contribution in [1.82, 2.24) is 42.5 Å². The summed E-state index contributed by atoms with van der Waals surface area (Å²) in [6.07, 6.45) is 25.6. The van der Waals surface area contributed by atoms with Gasteiger partial charge in [0, 0.05) is 0 Å². The molecule has 9 fully saturated rings. The van der Waals surface area contributed by atoms with Crippen LogP contribution in [0, 0.1) is 47.3 Å². The van der Waals surface area contributed by atoms with Crippen LogP contribution in [0.1, 0.15) is 103 Å². The van der Waals surface area contributed by atoms with Crippen LogP contribution >= 0.6 is 0 Å². The van der Waals surface area contributed by atoms with Crippen LogP contribution in [0.15, 0.2) is 0 Å². The van der Waals surface area contributed by atoms with Crippen molar-refractivity contribution in [2.24, 2.45) is 47.3 Å². The third kappa shape index (κ3) is 5.81. The summed E-state index contributed by atoms with van der Waals surface area (Å²) in [6.45, 7) is 0. The molecule has 0 aromatic carbocycles. The second kappa shape index (κ2) is 13.3. The molecule has 9 rings (SSSR count). The van der Waals surface area contributed by atoms with Crippen molar-refractivity contribution in [3.63, 3.8) is 0 Å². The molecule has 0 aromatic rings. The average molecular weight is 656 g/mol. The van der Waals surface area contributed by atoms with Gasteiger partial charge in [0.25, 0.3) is 0 Å². The van der Waals surface area contributed by atoms with E-state index in [-0.39, 0.29) is 0 Å². The van der Waals surface area contributed by atoms with E-state index >= 15 is 0 Å². The standard InChI is InChI=1S/C32H56N8.2FH.Zn/c1-2-10-18-17(9-1)25-33-26(18)38-28-21-13-5-6-14-22(21)30(35-28)40-32-24-16-8-7-15-23(24)31(36-32)39-29-20-12-4-3-11-19(20)27(34-29)37-25;;;/h17-40H,1-16H2;2*1H;/q;;;+2/p-2. The van der Waals surface area contributed by atoms with Gasteiger partial charge in [0.15, 0.2) is 0 Å². The van der Waals surface area contributed by atoms with E-state index in [0.717, 1.165) is 47.3 Å². The fourth-order valence-corrected chi connectivity index (χ4v) is 12.0. The molecule has 0 amide bonds. The van der Waals surface area contributed by atoms with Gasteiger partial charge in [-0.15, -0.1) is 0 Å². The van der Waals surface area contributed by atoms with Gasteiger partial charge >= 0.3 is 24.8 Å². The Hall–Kier alpha value is 0.163. The molecule has 4 saturated carbocycles. The van der Waals surface area contributed by atoms with Crippen molar-refractivity contribution < 1.29 is 24.8 Å². The van der Waals surface area contributed by atoms with Crippen LogP contribution in [0.5, 0.6) is 0 Å². The quantitative estimate of drug-likeness (QED) is 0.188. The first kappa shape index (κ1) is 30.5. The Morgan fingerprint density at radius 2 is 0.395 bits per heavy atom. The summed E-state index contributed by atoms with van der Waals surface area (Å²) in [5, 5.41) is 33.8. The van der Waals surface area contributed by atoms with E-state index in [1.54, 1.807) is 0 Å². The van der Waals surface area contributed by atoms with E-state index in [9.17, 15) is 6.63 Å². The van der Waals surface area contributed by atoms with Gasteiger partial charge in [-0.1, -0.05) is 51.4 Å². The third-order valence-corrected chi connectivity index (χ3v) is 13.8. The van der Waals surface area contributed by atoms with Gasteiger partial charge in [-0.3, -0.25) is 42.5 Å². The van der Waals surface area contributed by atoms with Crippen molar-refractivity contribution >= 4 is 0 Å². The summed E-state index contributed by atoms with van der Waals surface area (Å²) in [6, 6.07) is 0. The second-order valence-corrected chi connectivity index (χ2v) is 16.1. The van der Waals surface area contributed by atoms with Crippen LogP contribution in [0.2, 0.25) is 0 Å². The first-order valence-corrected chi connectivity index (χ1v) is 20.7. The van der Waals surface area contributed by atoms with Crippen LogP contribution in [0.25, 0.3) is 0 Å². The molecule has 8 nitrogen and oxygen atoms in total. The zero-order valence-corrected chi connectivity index (χ0v) is 29.0. The molecule has 0 radical (unpaired) electrons. The van der Waals surface area contributed by atoms with Crippen LogP contribution in [0.3, 0.4) is 0 Å². The minimum atomic E-state index is -2.88.